The molecule has 0 heterocycles. The van der Waals surface area contributed by atoms with Gasteiger partial charge in [0.15, 0.2) is 0 Å². The molecule has 3 rings (SSSR count). The number of aryl methyl sites for hydroxylation is 1. The lowest BCUT2D eigenvalue weighted by atomic mass is 9.77. The van der Waals surface area contributed by atoms with E-state index in [2.05, 4.69) is 18.3 Å². The molecule has 0 spiro atoms. The molecule has 1 aliphatic rings. The van der Waals surface area contributed by atoms with Crippen LogP contribution >= 0.6 is 0 Å². The van der Waals surface area contributed by atoms with Gasteiger partial charge >= 0.3 is 5.97 Å². The van der Waals surface area contributed by atoms with E-state index in [0.717, 1.165) is 49.7 Å². The third-order valence-corrected chi connectivity index (χ3v) is 5.95. The predicted molar refractivity (Wildman–Crippen MR) is 123 cm³/mol. The summed E-state index contributed by atoms with van der Waals surface area (Å²) in [5.41, 5.74) is 2.59. The molecule has 0 aliphatic heterocycles. The fourth-order valence-electron chi connectivity index (χ4n) is 4.25. The highest BCUT2D eigenvalue weighted by atomic mass is 16.5. The standard InChI is InChI=1S/C26H33NO4/c1-4-6-16-31-23-13-12-21(18-22(23)24(28)30-5-2)27-25(29)26(14-7-8-15-26)20-11-9-10-19(3)17-20/h9-13,17-18H,4-8,14-16H2,1-3H3,(H,27,29). The second-order valence-corrected chi connectivity index (χ2v) is 8.25. The Morgan fingerprint density at radius 3 is 2.52 bits per heavy atom. The normalized spacial score (nSPS) is 14.8. The van der Waals surface area contributed by atoms with Crippen molar-refractivity contribution in [3.8, 4) is 5.75 Å². The molecule has 2 aromatic rings. The summed E-state index contributed by atoms with van der Waals surface area (Å²) >= 11 is 0. The molecule has 1 N–H and O–H groups in total. The van der Waals surface area contributed by atoms with E-state index in [-0.39, 0.29) is 12.5 Å². The number of hydrogen-bond donors (Lipinski definition) is 1. The van der Waals surface area contributed by atoms with Gasteiger partial charge in [-0.05, 0) is 56.9 Å². The topological polar surface area (TPSA) is 64.6 Å². The fourth-order valence-corrected chi connectivity index (χ4v) is 4.25. The van der Waals surface area contributed by atoms with E-state index in [1.54, 1.807) is 25.1 Å². The van der Waals surface area contributed by atoms with E-state index in [1.165, 1.54) is 0 Å². The first-order chi connectivity index (χ1) is 15.0. The van der Waals surface area contributed by atoms with E-state index in [0.29, 0.717) is 23.6 Å². The average molecular weight is 424 g/mol. The average Bonchev–Trinajstić information content (AvgIpc) is 3.26. The molecule has 0 unspecified atom stereocenters. The minimum absolute atomic E-state index is 0.0231. The van der Waals surface area contributed by atoms with Crippen molar-refractivity contribution < 1.29 is 19.1 Å². The van der Waals surface area contributed by atoms with Gasteiger partial charge in [-0.1, -0.05) is 56.0 Å². The number of carbonyl (C=O) groups is 2. The van der Waals surface area contributed by atoms with Gasteiger partial charge in [0.2, 0.25) is 5.91 Å². The summed E-state index contributed by atoms with van der Waals surface area (Å²) in [6, 6.07) is 13.4. The van der Waals surface area contributed by atoms with Crippen LogP contribution in [0.1, 0.15) is 73.9 Å². The van der Waals surface area contributed by atoms with Crippen LogP contribution in [-0.2, 0) is 14.9 Å². The zero-order chi connectivity index (χ0) is 22.3. The molecule has 1 fully saturated rings. The van der Waals surface area contributed by atoms with Crippen LogP contribution in [0.2, 0.25) is 0 Å². The molecule has 5 heteroatoms. The number of ether oxygens (including phenoxy) is 2. The largest absolute Gasteiger partial charge is 0.493 e. The van der Waals surface area contributed by atoms with Gasteiger partial charge in [0, 0.05) is 5.69 Å². The van der Waals surface area contributed by atoms with Crippen molar-refractivity contribution in [3.63, 3.8) is 0 Å². The van der Waals surface area contributed by atoms with Gasteiger partial charge in [0.1, 0.15) is 11.3 Å². The van der Waals surface area contributed by atoms with E-state index >= 15 is 0 Å². The highest BCUT2D eigenvalue weighted by Gasteiger charge is 2.42. The van der Waals surface area contributed by atoms with Crippen LogP contribution in [0.15, 0.2) is 42.5 Å². The molecule has 31 heavy (non-hydrogen) atoms. The Labute approximate surface area is 185 Å². The van der Waals surface area contributed by atoms with E-state index in [4.69, 9.17) is 9.47 Å². The monoisotopic (exact) mass is 423 g/mol. The first-order valence-corrected chi connectivity index (χ1v) is 11.3. The van der Waals surface area contributed by atoms with Crippen molar-refractivity contribution in [1.82, 2.24) is 0 Å². The number of nitrogens with one attached hydrogen (secondary N) is 1. The second-order valence-electron chi connectivity index (χ2n) is 8.25. The van der Waals surface area contributed by atoms with Gasteiger partial charge in [0.05, 0.1) is 18.6 Å². The van der Waals surface area contributed by atoms with Gasteiger partial charge in [0.25, 0.3) is 0 Å². The maximum Gasteiger partial charge on any atom is 0.341 e. The Balaban J connectivity index is 1.87. The summed E-state index contributed by atoms with van der Waals surface area (Å²) in [6.45, 7) is 6.71. The van der Waals surface area contributed by atoms with E-state index < -0.39 is 11.4 Å². The van der Waals surface area contributed by atoms with Gasteiger partial charge < -0.3 is 14.8 Å². The van der Waals surface area contributed by atoms with Crippen LogP contribution in [0.5, 0.6) is 5.75 Å². The molecule has 0 bridgehead atoms. The van der Waals surface area contributed by atoms with Gasteiger partial charge in [-0.2, -0.15) is 0 Å². The summed E-state index contributed by atoms with van der Waals surface area (Å²) in [4.78, 5) is 26.0. The predicted octanol–water partition coefficient (Wildman–Crippen LogP) is 5.80. The number of anilines is 1. The van der Waals surface area contributed by atoms with Gasteiger partial charge in [-0.3, -0.25) is 4.79 Å². The van der Waals surface area contributed by atoms with Crippen molar-refractivity contribution in [3.05, 3.63) is 59.2 Å². The number of benzene rings is 2. The maximum atomic E-state index is 13.5. The molecule has 0 radical (unpaired) electrons. The molecular formula is C26H33NO4. The summed E-state index contributed by atoms with van der Waals surface area (Å²) in [7, 11) is 0. The lowest BCUT2D eigenvalue weighted by molar-refractivity contribution is -0.121. The Morgan fingerprint density at radius 2 is 1.84 bits per heavy atom. The Bertz CT molecular complexity index is 915. The highest BCUT2D eigenvalue weighted by Crippen LogP contribution is 2.42. The fraction of sp³-hybridized carbons (Fsp3) is 0.462. The zero-order valence-electron chi connectivity index (χ0n) is 18.8. The number of amides is 1. The highest BCUT2D eigenvalue weighted by molar-refractivity contribution is 6.01. The summed E-state index contributed by atoms with van der Waals surface area (Å²) in [5.74, 6) is 0.0172. The number of hydrogen-bond acceptors (Lipinski definition) is 4. The summed E-state index contributed by atoms with van der Waals surface area (Å²) in [6.07, 6.45) is 5.61. The van der Waals surface area contributed by atoms with Crippen LogP contribution < -0.4 is 10.1 Å². The maximum absolute atomic E-state index is 13.5. The van der Waals surface area contributed by atoms with E-state index in [9.17, 15) is 9.59 Å². The van der Waals surface area contributed by atoms with Crippen molar-refractivity contribution in [1.29, 1.82) is 0 Å². The molecule has 1 amide bonds. The molecule has 0 saturated heterocycles. The lowest BCUT2D eigenvalue weighted by Gasteiger charge is -2.29. The van der Waals surface area contributed by atoms with Gasteiger partial charge in [-0.15, -0.1) is 0 Å². The number of unbranched alkanes of at least 4 members (excludes halogenated alkanes) is 1. The molecule has 166 valence electrons. The van der Waals surface area contributed by atoms with Crippen molar-refractivity contribution in [2.75, 3.05) is 18.5 Å². The van der Waals surface area contributed by atoms with E-state index in [1.807, 2.05) is 25.1 Å². The summed E-state index contributed by atoms with van der Waals surface area (Å²) < 4.78 is 11.0. The zero-order valence-corrected chi connectivity index (χ0v) is 18.8. The first kappa shape index (κ1) is 22.9. The van der Waals surface area contributed by atoms with Crippen LogP contribution in [0, 0.1) is 6.92 Å². The molecule has 1 saturated carbocycles. The minimum Gasteiger partial charge on any atom is -0.493 e. The van der Waals surface area contributed by atoms with Crippen LogP contribution in [0.3, 0.4) is 0 Å². The molecule has 0 atom stereocenters. The Kier molecular flexibility index (Phi) is 7.72. The van der Waals surface area contributed by atoms with Crippen molar-refractivity contribution in [2.45, 2.75) is 64.7 Å². The van der Waals surface area contributed by atoms with Crippen LogP contribution in [-0.4, -0.2) is 25.1 Å². The number of rotatable bonds is 9. The third kappa shape index (κ3) is 5.27. The SMILES string of the molecule is CCCCOc1ccc(NC(=O)C2(c3cccc(C)c3)CCCC2)cc1C(=O)OCC. The minimum atomic E-state index is -0.535. The Morgan fingerprint density at radius 1 is 1.06 bits per heavy atom. The van der Waals surface area contributed by atoms with Crippen molar-refractivity contribution >= 4 is 17.6 Å². The molecule has 0 aromatic heterocycles. The van der Waals surface area contributed by atoms with Crippen LogP contribution in [0.4, 0.5) is 5.69 Å². The molecule has 2 aromatic carbocycles. The number of esters is 1. The lowest BCUT2D eigenvalue weighted by Crippen LogP contribution is -2.38. The third-order valence-electron chi connectivity index (χ3n) is 5.95. The smallest absolute Gasteiger partial charge is 0.341 e. The number of carbonyl (C=O) groups excluding carboxylic acids is 2. The van der Waals surface area contributed by atoms with Crippen LogP contribution in [0.25, 0.3) is 0 Å². The second kappa shape index (κ2) is 10.5. The van der Waals surface area contributed by atoms with Gasteiger partial charge in [-0.25, -0.2) is 4.79 Å². The first-order valence-electron chi connectivity index (χ1n) is 11.3. The molecule has 5 nitrogen and oxygen atoms in total. The molecule has 1 aliphatic carbocycles. The Hall–Kier alpha value is -2.82. The quantitative estimate of drug-likeness (QED) is 0.409. The summed E-state index contributed by atoms with van der Waals surface area (Å²) in [5, 5.41) is 3.07. The molecular weight excluding hydrogens is 390 g/mol. The van der Waals surface area contributed by atoms with Crippen molar-refractivity contribution in [2.24, 2.45) is 0 Å².